The van der Waals surface area contributed by atoms with E-state index < -0.39 is 6.10 Å². The van der Waals surface area contributed by atoms with E-state index in [9.17, 15) is 14.4 Å². The number of ether oxygens (including phenoxy) is 3. The Hall–Kier alpha value is -2.37. The summed E-state index contributed by atoms with van der Waals surface area (Å²) in [6.07, 6.45) is 61.2. The second-order valence-electron chi connectivity index (χ2n) is 18.5. The highest BCUT2D eigenvalue weighted by molar-refractivity contribution is 5.71. The van der Waals surface area contributed by atoms with Crippen molar-refractivity contribution < 1.29 is 28.6 Å². The quantitative estimate of drug-likeness (QED) is 0.0262. The zero-order chi connectivity index (χ0) is 45.8. The summed E-state index contributed by atoms with van der Waals surface area (Å²) in [6, 6.07) is 0. The molecule has 0 saturated carbocycles. The maximum absolute atomic E-state index is 12.8. The van der Waals surface area contributed by atoms with Gasteiger partial charge < -0.3 is 14.2 Å². The monoisotopic (exact) mass is 885 g/mol. The molecule has 0 radical (unpaired) electrons. The van der Waals surface area contributed by atoms with Gasteiger partial charge >= 0.3 is 17.9 Å². The third kappa shape index (κ3) is 50.5. The Morgan fingerprint density at radius 3 is 0.937 bits per heavy atom. The van der Waals surface area contributed by atoms with Gasteiger partial charge in [-0.3, -0.25) is 14.4 Å². The predicted octanol–water partition coefficient (Wildman–Crippen LogP) is 18.1. The molecule has 368 valence electrons. The molecular weight excluding hydrogens is 781 g/mol. The lowest BCUT2D eigenvalue weighted by Gasteiger charge is -2.18. The van der Waals surface area contributed by atoms with E-state index in [0.29, 0.717) is 19.3 Å². The molecule has 0 amide bonds. The average Bonchev–Trinajstić information content (AvgIpc) is 3.28. The minimum Gasteiger partial charge on any atom is -0.462 e. The number of rotatable bonds is 50. The SMILES string of the molecule is CCCCC/C=C/C/C=C/CCCCCCCC(=O)OC[C@@H](COC(=O)CCCCCCCCCCCCCCCCC)OC(=O)CCCCCCCCC/C=C/CCCCCC. The van der Waals surface area contributed by atoms with Gasteiger partial charge in [0.2, 0.25) is 0 Å². The van der Waals surface area contributed by atoms with Crippen LogP contribution in [-0.4, -0.2) is 37.2 Å². The first kappa shape index (κ1) is 60.6. The number of carbonyl (C=O) groups is 3. The zero-order valence-electron chi connectivity index (χ0n) is 42.1. The van der Waals surface area contributed by atoms with E-state index in [4.69, 9.17) is 14.2 Å². The second-order valence-corrected chi connectivity index (χ2v) is 18.5. The van der Waals surface area contributed by atoms with Gasteiger partial charge in [-0.05, 0) is 77.0 Å². The van der Waals surface area contributed by atoms with E-state index >= 15 is 0 Å². The Labute approximate surface area is 391 Å². The van der Waals surface area contributed by atoms with Crippen molar-refractivity contribution >= 4 is 17.9 Å². The number of hydrogen-bond acceptors (Lipinski definition) is 6. The van der Waals surface area contributed by atoms with Gasteiger partial charge in [0.15, 0.2) is 6.10 Å². The fraction of sp³-hybridized carbons (Fsp3) is 0.842. The fourth-order valence-corrected chi connectivity index (χ4v) is 7.94. The third-order valence-corrected chi connectivity index (χ3v) is 12.1. The van der Waals surface area contributed by atoms with Gasteiger partial charge in [0.05, 0.1) is 0 Å². The summed E-state index contributed by atoms with van der Waals surface area (Å²) in [7, 11) is 0. The van der Waals surface area contributed by atoms with E-state index in [1.54, 1.807) is 0 Å². The summed E-state index contributed by atoms with van der Waals surface area (Å²) in [5, 5.41) is 0. The van der Waals surface area contributed by atoms with Crippen LogP contribution in [0.1, 0.15) is 290 Å². The molecule has 0 saturated heterocycles. The van der Waals surface area contributed by atoms with Crippen molar-refractivity contribution in [3.63, 3.8) is 0 Å². The Morgan fingerprint density at radius 1 is 0.317 bits per heavy atom. The molecule has 6 heteroatoms. The van der Waals surface area contributed by atoms with E-state index in [0.717, 1.165) is 77.0 Å². The molecule has 0 aliphatic heterocycles. The molecule has 0 spiro atoms. The van der Waals surface area contributed by atoms with Crippen LogP contribution in [0.5, 0.6) is 0 Å². The molecule has 0 rings (SSSR count). The van der Waals surface area contributed by atoms with Crippen molar-refractivity contribution in [3.8, 4) is 0 Å². The summed E-state index contributed by atoms with van der Waals surface area (Å²) in [5.74, 6) is -0.880. The summed E-state index contributed by atoms with van der Waals surface area (Å²) in [4.78, 5) is 38.1. The van der Waals surface area contributed by atoms with Crippen LogP contribution in [0.4, 0.5) is 0 Å². The Bertz CT molecular complexity index is 1060. The van der Waals surface area contributed by atoms with Crippen LogP contribution < -0.4 is 0 Å². The molecule has 0 aliphatic carbocycles. The van der Waals surface area contributed by atoms with E-state index in [1.807, 2.05) is 0 Å². The first-order chi connectivity index (χ1) is 31.0. The summed E-state index contributed by atoms with van der Waals surface area (Å²) in [5.41, 5.74) is 0. The molecule has 0 unspecified atom stereocenters. The van der Waals surface area contributed by atoms with Crippen LogP contribution in [0.3, 0.4) is 0 Å². The molecule has 0 heterocycles. The first-order valence-corrected chi connectivity index (χ1v) is 27.5. The maximum Gasteiger partial charge on any atom is 0.306 e. The standard InChI is InChI=1S/C57H104O6/c1-4-7-10-13-16-19-22-25-28-31-34-37-40-43-46-49-55(58)61-52-54(63-57(60)51-48-45-42-39-36-33-30-27-24-21-18-15-12-9-6-3)53-62-56(59)50-47-44-41-38-35-32-29-26-23-20-17-14-11-8-5-2/h16,19,21,24-25,28,54H,4-15,17-18,20,22-23,26-27,29-53H2,1-3H3/b19-16+,24-21+,28-25+/t54-/m0/s1. The van der Waals surface area contributed by atoms with Gasteiger partial charge in [-0.2, -0.15) is 0 Å². The lowest BCUT2D eigenvalue weighted by molar-refractivity contribution is -0.167. The number of esters is 3. The molecule has 1 atom stereocenters. The summed E-state index contributed by atoms with van der Waals surface area (Å²) in [6.45, 7) is 6.62. The summed E-state index contributed by atoms with van der Waals surface area (Å²) >= 11 is 0. The molecule has 0 N–H and O–H groups in total. The fourth-order valence-electron chi connectivity index (χ4n) is 7.94. The number of carbonyl (C=O) groups excluding carboxylic acids is 3. The molecule has 0 aliphatic rings. The second kappa shape index (κ2) is 52.3. The van der Waals surface area contributed by atoms with Gasteiger partial charge in [-0.1, -0.05) is 231 Å². The number of hydrogen-bond donors (Lipinski definition) is 0. The van der Waals surface area contributed by atoms with Crippen LogP contribution in [-0.2, 0) is 28.6 Å². The highest BCUT2D eigenvalue weighted by Gasteiger charge is 2.19. The van der Waals surface area contributed by atoms with Gasteiger partial charge in [-0.15, -0.1) is 0 Å². The third-order valence-electron chi connectivity index (χ3n) is 12.1. The molecule has 0 bridgehead atoms. The molecule has 0 aromatic carbocycles. The first-order valence-electron chi connectivity index (χ1n) is 27.5. The lowest BCUT2D eigenvalue weighted by Crippen LogP contribution is -2.30. The van der Waals surface area contributed by atoms with E-state index in [1.165, 1.54) is 173 Å². The highest BCUT2D eigenvalue weighted by atomic mass is 16.6. The molecular formula is C57H104O6. The van der Waals surface area contributed by atoms with E-state index in [2.05, 4.69) is 57.2 Å². The minimum atomic E-state index is -0.776. The number of allylic oxidation sites excluding steroid dienone is 6. The van der Waals surface area contributed by atoms with Crippen molar-refractivity contribution in [2.75, 3.05) is 13.2 Å². The van der Waals surface area contributed by atoms with Crippen LogP contribution in [0.2, 0.25) is 0 Å². The zero-order valence-corrected chi connectivity index (χ0v) is 42.1. The topological polar surface area (TPSA) is 78.9 Å². The van der Waals surface area contributed by atoms with Crippen molar-refractivity contribution in [2.24, 2.45) is 0 Å². The van der Waals surface area contributed by atoms with Crippen molar-refractivity contribution in [1.82, 2.24) is 0 Å². The smallest absolute Gasteiger partial charge is 0.306 e. The van der Waals surface area contributed by atoms with Gasteiger partial charge in [0.1, 0.15) is 13.2 Å². The van der Waals surface area contributed by atoms with Crippen molar-refractivity contribution in [2.45, 2.75) is 297 Å². The van der Waals surface area contributed by atoms with Crippen molar-refractivity contribution in [3.05, 3.63) is 36.5 Å². The predicted molar refractivity (Wildman–Crippen MR) is 270 cm³/mol. The Balaban J connectivity index is 4.37. The Morgan fingerprint density at radius 2 is 0.571 bits per heavy atom. The molecule has 0 aromatic heterocycles. The number of unbranched alkanes of at least 4 members (excludes halogenated alkanes) is 33. The van der Waals surface area contributed by atoms with Crippen LogP contribution in [0.15, 0.2) is 36.5 Å². The maximum atomic E-state index is 12.8. The average molecular weight is 885 g/mol. The molecule has 0 fully saturated rings. The largest absolute Gasteiger partial charge is 0.462 e. The van der Waals surface area contributed by atoms with Gasteiger partial charge in [-0.25, -0.2) is 0 Å². The van der Waals surface area contributed by atoms with Crippen LogP contribution >= 0.6 is 0 Å². The van der Waals surface area contributed by atoms with Crippen LogP contribution in [0, 0.1) is 0 Å². The van der Waals surface area contributed by atoms with Gasteiger partial charge in [0, 0.05) is 19.3 Å². The summed E-state index contributed by atoms with van der Waals surface area (Å²) < 4.78 is 16.8. The highest BCUT2D eigenvalue weighted by Crippen LogP contribution is 2.16. The molecule has 63 heavy (non-hydrogen) atoms. The normalized spacial score (nSPS) is 12.2. The Kier molecular flexibility index (Phi) is 50.3. The molecule has 6 nitrogen and oxygen atoms in total. The minimum absolute atomic E-state index is 0.0751. The van der Waals surface area contributed by atoms with Gasteiger partial charge in [0.25, 0.3) is 0 Å². The van der Waals surface area contributed by atoms with Crippen LogP contribution in [0.25, 0.3) is 0 Å². The van der Waals surface area contributed by atoms with E-state index in [-0.39, 0.29) is 31.1 Å². The molecule has 0 aromatic rings. The van der Waals surface area contributed by atoms with Crippen molar-refractivity contribution in [1.29, 1.82) is 0 Å². The lowest BCUT2D eigenvalue weighted by atomic mass is 10.0.